The van der Waals surface area contributed by atoms with Gasteiger partial charge in [0.15, 0.2) is 10.8 Å². The molecule has 0 bridgehead atoms. The molecule has 2 aromatic heterocycles. The van der Waals surface area contributed by atoms with Gasteiger partial charge in [-0.1, -0.05) is 6.92 Å². The van der Waals surface area contributed by atoms with Crippen LogP contribution in [0.15, 0.2) is 22.8 Å². The first-order valence-electron chi connectivity index (χ1n) is 4.31. The summed E-state index contributed by atoms with van der Waals surface area (Å²) >= 11 is 1.69. The maximum atomic E-state index is 5.28. The van der Waals surface area contributed by atoms with Crippen molar-refractivity contribution in [1.82, 2.24) is 4.98 Å². The van der Waals surface area contributed by atoms with Crippen LogP contribution < -0.4 is 0 Å². The summed E-state index contributed by atoms with van der Waals surface area (Å²) in [5.41, 5.74) is 1.18. The Morgan fingerprint density at radius 2 is 2.38 bits per heavy atom. The van der Waals surface area contributed by atoms with Crippen molar-refractivity contribution < 1.29 is 4.42 Å². The number of hydrogen-bond donors (Lipinski definition) is 0. The zero-order chi connectivity index (χ0) is 9.26. The molecule has 0 aliphatic rings. The summed E-state index contributed by atoms with van der Waals surface area (Å²) in [5.74, 6) is 0.868. The van der Waals surface area contributed by atoms with Crippen LogP contribution in [-0.4, -0.2) is 4.98 Å². The third-order valence-corrected chi connectivity index (χ3v) is 2.99. The second kappa shape index (κ2) is 3.34. The Balaban J connectivity index is 2.43. The molecular weight excluding hydrogens is 182 g/mol. The molecule has 2 nitrogen and oxygen atoms in total. The van der Waals surface area contributed by atoms with Gasteiger partial charge in [-0.25, -0.2) is 4.98 Å². The lowest BCUT2D eigenvalue weighted by Gasteiger charge is -1.87. The molecule has 68 valence electrons. The van der Waals surface area contributed by atoms with Gasteiger partial charge in [-0.05, 0) is 25.5 Å². The van der Waals surface area contributed by atoms with E-state index in [9.17, 15) is 0 Å². The lowest BCUT2D eigenvalue weighted by molar-refractivity contribution is 0.581. The fraction of sp³-hybridized carbons (Fsp3) is 0.300. The molecule has 0 unspecified atom stereocenters. The van der Waals surface area contributed by atoms with E-state index in [1.165, 1.54) is 10.6 Å². The van der Waals surface area contributed by atoms with Crippen LogP contribution in [0.3, 0.4) is 0 Å². The van der Waals surface area contributed by atoms with E-state index in [0.717, 1.165) is 17.2 Å². The topological polar surface area (TPSA) is 26.0 Å². The summed E-state index contributed by atoms with van der Waals surface area (Å²) in [6.07, 6.45) is 2.67. The molecule has 0 amide bonds. The van der Waals surface area contributed by atoms with E-state index < -0.39 is 0 Å². The van der Waals surface area contributed by atoms with Crippen molar-refractivity contribution in [3.05, 3.63) is 29.0 Å². The highest BCUT2D eigenvalue weighted by Crippen LogP contribution is 2.27. The molecule has 0 aromatic carbocycles. The van der Waals surface area contributed by atoms with Gasteiger partial charge in [-0.3, -0.25) is 0 Å². The van der Waals surface area contributed by atoms with Gasteiger partial charge in [-0.15, -0.1) is 11.3 Å². The Morgan fingerprint density at radius 3 is 2.92 bits per heavy atom. The predicted molar refractivity (Wildman–Crippen MR) is 53.9 cm³/mol. The lowest BCUT2D eigenvalue weighted by Crippen LogP contribution is -1.81. The number of aryl methyl sites for hydroxylation is 2. The van der Waals surface area contributed by atoms with Crippen LogP contribution in [0.1, 0.15) is 17.5 Å². The van der Waals surface area contributed by atoms with Crippen LogP contribution in [0.2, 0.25) is 0 Å². The molecule has 2 rings (SSSR count). The molecule has 0 saturated heterocycles. The molecular formula is C10H11NOS. The maximum Gasteiger partial charge on any atom is 0.162 e. The van der Waals surface area contributed by atoms with Crippen molar-refractivity contribution >= 4 is 11.3 Å². The van der Waals surface area contributed by atoms with E-state index in [-0.39, 0.29) is 0 Å². The van der Waals surface area contributed by atoms with Crippen molar-refractivity contribution in [3.63, 3.8) is 0 Å². The monoisotopic (exact) mass is 193 g/mol. The average Bonchev–Trinajstić information content (AvgIpc) is 2.71. The van der Waals surface area contributed by atoms with Crippen LogP contribution in [-0.2, 0) is 6.42 Å². The fourth-order valence-electron chi connectivity index (χ4n) is 1.26. The van der Waals surface area contributed by atoms with Crippen molar-refractivity contribution in [2.75, 3.05) is 0 Å². The maximum absolute atomic E-state index is 5.28. The largest absolute Gasteiger partial charge is 0.462 e. The molecule has 0 atom stereocenters. The number of aromatic nitrogens is 1. The van der Waals surface area contributed by atoms with Crippen LogP contribution in [0.5, 0.6) is 0 Å². The Bertz CT molecular complexity index is 389. The molecule has 13 heavy (non-hydrogen) atoms. The zero-order valence-corrected chi connectivity index (χ0v) is 8.52. The first-order chi connectivity index (χ1) is 6.31. The molecule has 3 heteroatoms. The van der Waals surface area contributed by atoms with Gasteiger partial charge in [0, 0.05) is 4.88 Å². The molecule has 2 heterocycles. The van der Waals surface area contributed by atoms with E-state index >= 15 is 0 Å². The van der Waals surface area contributed by atoms with Crippen molar-refractivity contribution in [1.29, 1.82) is 0 Å². The van der Waals surface area contributed by atoms with Gasteiger partial charge >= 0.3 is 0 Å². The highest BCUT2D eigenvalue weighted by Gasteiger charge is 2.09. The molecule has 0 spiro atoms. The van der Waals surface area contributed by atoms with Gasteiger partial charge in [0.25, 0.3) is 0 Å². The van der Waals surface area contributed by atoms with Crippen molar-refractivity contribution in [2.45, 2.75) is 20.3 Å². The Kier molecular flexibility index (Phi) is 2.19. The third-order valence-electron chi connectivity index (χ3n) is 1.96. The molecule has 2 aromatic rings. The summed E-state index contributed by atoms with van der Waals surface area (Å²) in [4.78, 5) is 5.78. The first-order valence-corrected chi connectivity index (χ1v) is 5.13. The molecule has 0 radical (unpaired) electrons. The average molecular weight is 193 g/mol. The molecule has 0 aliphatic heterocycles. The summed E-state index contributed by atoms with van der Waals surface area (Å²) in [6, 6.07) is 3.83. The highest BCUT2D eigenvalue weighted by molar-refractivity contribution is 7.15. The van der Waals surface area contributed by atoms with E-state index in [1.54, 1.807) is 17.6 Å². The zero-order valence-electron chi connectivity index (χ0n) is 7.70. The summed E-state index contributed by atoms with van der Waals surface area (Å²) < 4.78 is 5.28. The minimum absolute atomic E-state index is 0.868. The van der Waals surface area contributed by atoms with Crippen LogP contribution in [0.25, 0.3) is 10.8 Å². The highest BCUT2D eigenvalue weighted by atomic mass is 32.1. The number of nitrogens with zero attached hydrogens (tertiary/aromatic N) is 1. The van der Waals surface area contributed by atoms with Crippen molar-refractivity contribution in [2.24, 2.45) is 0 Å². The third kappa shape index (κ3) is 1.52. The standard InChI is InChI=1S/C10H11NOS/c1-3-8-7(2)13-10(11-8)9-5-4-6-12-9/h4-6H,3H2,1-2H3. The van der Waals surface area contributed by atoms with Gasteiger partial charge in [0.2, 0.25) is 0 Å². The smallest absolute Gasteiger partial charge is 0.162 e. The second-order valence-electron chi connectivity index (χ2n) is 2.85. The van der Waals surface area contributed by atoms with Crippen LogP contribution in [0.4, 0.5) is 0 Å². The van der Waals surface area contributed by atoms with Gasteiger partial charge in [-0.2, -0.15) is 0 Å². The fourth-order valence-corrected chi connectivity index (χ4v) is 2.23. The quantitative estimate of drug-likeness (QED) is 0.731. The second-order valence-corrected chi connectivity index (χ2v) is 4.06. The molecule has 0 aliphatic carbocycles. The SMILES string of the molecule is CCc1nc(-c2ccco2)sc1C. The van der Waals surface area contributed by atoms with E-state index in [4.69, 9.17) is 4.42 Å². The Morgan fingerprint density at radius 1 is 1.54 bits per heavy atom. The Hall–Kier alpha value is -1.09. The summed E-state index contributed by atoms with van der Waals surface area (Å²) in [6.45, 7) is 4.22. The van der Waals surface area contributed by atoms with Gasteiger partial charge in [0.1, 0.15) is 0 Å². The number of hydrogen-bond acceptors (Lipinski definition) is 3. The first kappa shape index (κ1) is 8.51. The van der Waals surface area contributed by atoms with Crippen LogP contribution in [0, 0.1) is 6.92 Å². The van der Waals surface area contributed by atoms with Gasteiger partial charge in [0.05, 0.1) is 12.0 Å². The predicted octanol–water partition coefficient (Wildman–Crippen LogP) is 3.27. The van der Waals surface area contributed by atoms with E-state index in [1.807, 2.05) is 12.1 Å². The number of furan rings is 1. The molecule has 0 fully saturated rings. The Labute approximate surface area is 81.2 Å². The van der Waals surface area contributed by atoms with Crippen LogP contribution >= 0.6 is 11.3 Å². The summed E-state index contributed by atoms with van der Waals surface area (Å²) in [5, 5.41) is 0.986. The molecule has 0 N–H and O–H groups in total. The van der Waals surface area contributed by atoms with Gasteiger partial charge < -0.3 is 4.42 Å². The molecule has 0 saturated carbocycles. The normalized spacial score (nSPS) is 10.6. The minimum atomic E-state index is 0.868. The van der Waals surface area contributed by atoms with E-state index in [2.05, 4.69) is 18.8 Å². The van der Waals surface area contributed by atoms with E-state index in [0.29, 0.717) is 0 Å². The lowest BCUT2D eigenvalue weighted by atomic mass is 10.3. The summed E-state index contributed by atoms with van der Waals surface area (Å²) in [7, 11) is 0. The number of thiazole rings is 1. The van der Waals surface area contributed by atoms with Crippen molar-refractivity contribution in [3.8, 4) is 10.8 Å². The minimum Gasteiger partial charge on any atom is -0.462 e. The number of rotatable bonds is 2.